The highest BCUT2D eigenvalue weighted by atomic mass is 32.1. The molecule has 0 saturated heterocycles. The maximum absolute atomic E-state index is 11.6. The molecule has 124 valence electrons. The van der Waals surface area contributed by atoms with Crippen molar-refractivity contribution < 1.29 is 9.90 Å². The maximum Gasteiger partial charge on any atom is 0.241 e. The molecule has 0 aliphatic carbocycles. The van der Waals surface area contributed by atoms with Gasteiger partial charge in [0.1, 0.15) is 6.54 Å². The van der Waals surface area contributed by atoms with E-state index in [2.05, 4.69) is 25.1 Å². The van der Waals surface area contributed by atoms with Crippen LogP contribution in [0.3, 0.4) is 0 Å². The number of amides is 1. The van der Waals surface area contributed by atoms with Crippen molar-refractivity contribution >= 4 is 28.3 Å². The van der Waals surface area contributed by atoms with E-state index in [0.717, 1.165) is 11.3 Å². The van der Waals surface area contributed by atoms with Gasteiger partial charge in [-0.2, -0.15) is 14.5 Å². The minimum absolute atomic E-state index is 0.0849. The molecule has 0 saturated carbocycles. The molecule has 1 amide bonds. The van der Waals surface area contributed by atoms with Crippen molar-refractivity contribution in [1.82, 2.24) is 24.5 Å². The summed E-state index contributed by atoms with van der Waals surface area (Å²) < 4.78 is 5.83. The highest BCUT2D eigenvalue weighted by Crippen LogP contribution is 2.23. The molecule has 0 aliphatic heterocycles. The smallest absolute Gasteiger partial charge is 0.241 e. The molecule has 9 heteroatoms. The maximum atomic E-state index is 11.6. The van der Waals surface area contributed by atoms with Gasteiger partial charge < -0.3 is 15.7 Å². The minimum atomic E-state index is -0.207. The number of anilines is 2. The summed E-state index contributed by atoms with van der Waals surface area (Å²) in [6.07, 6.45) is 3.32. The van der Waals surface area contributed by atoms with E-state index in [1.807, 2.05) is 30.3 Å². The highest BCUT2D eigenvalue weighted by molar-refractivity contribution is 7.09. The summed E-state index contributed by atoms with van der Waals surface area (Å²) in [4.78, 5) is 16.0. The third kappa shape index (κ3) is 4.15. The van der Waals surface area contributed by atoms with Gasteiger partial charge in [-0.15, -0.1) is 0 Å². The number of carbonyl (C=O) groups excluding carboxylic acids is 1. The second-order valence-electron chi connectivity index (χ2n) is 4.91. The molecule has 0 radical (unpaired) electrons. The number of nitrogens with one attached hydrogen (secondary N) is 2. The average Bonchev–Trinajstić information content (AvgIpc) is 3.24. The number of aliphatic hydroxyl groups is 1. The van der Waals surface area contributed by atoms with Gasteiger partial charge >= 0.3 is 0 Å². The second-order valence-corrected chi connectivity index (χ2v) is 5.67. The summed E-state index contributed by atoms with van der Waals surface area (Å²) in [5.74, 6) is 0.458. The zero-order valence-corrected chi connectivity index (χ0v) is 13.5. The van der Waals surface area contributed by atoms with Crippen molar-refractivity contribution in [2.24, 2.45) is 0 Å². The molecule has 1 aromatic carbocycles. The summed E-state index contributed by atoms with van der Waals surface area (Å²) in [5.41, 5.74) is 1.68. The van der Waals surface area contributed by atoms with Crippen LogP contribution in [0.4, 0.5) is 10.8 Å². The fourth-order valence-corrected chi connectivity index (χ4v) is 2.63. The van der Waals surface area contributed by atoms with Crippen LogP contribution in [0.15, 0.2) is 42.7 Å². The van der Waals surface area contributed by atoms with Gasteiger partial charge in [0.15, 0.2) is 5.82 Å². The molecule has 8 nitrogen and oxygen atoms in total. The Hall–Kier alpha value is -2.78. The topological polar surface area (TPSA) is 105 Å². The summed E-state index contributed by atoms with van der Waals surface area (Å²) in [6, 6.07) is 9.73. The van der Waals surface area contributed by atoms with E-state index >= 15 is 0 Å². The number of hydrogen-bond donors (Lipinski definition) is 3. The van der Waals surface area contributed by atoms with Gasteiger partial charge in [0, 0.05) is 29.8 Å². The van der Waals surface area contributed by atoms with Crippen LogP contribution in [-0.2, 0) is 11.3 Å². The number of aromatic nitrogens is 4. The fourth-order valence-electron chi connectivity index (χ4n) is 2.02. The second kappa shape index (κ2) is 7.66. The molecule has 0 bridgehead atoms. The molecule has 2 heterocycles. The number of carbonyl (C=O) groups is 1. The molecule has 3 N–H and O–H groups in total. The van der Waals surface area contributed by atoms with Crippen LogP contribution in [-0.4, -0.2) is 43.3 Å². The standard InChI is InChI=1S/C15H16N6O2S/c22-7-6-16-13(23)10-21-9-12(8-17-21)18-15-19-14(20-24-15)11-4-2-1-3-5-11/h1-5,8-9,22H,6-7,10H2,(H,16,23)(H,18,19,20). The molecule has 0 atom stereocenters. The molecule has 0 spiro atoms. The Bertz CT molecular complexity index is 801. The number of aliphatic hydroxyl groups excluding tert-OH is 1. The zero-order chi connectivity index (χ0) is 16.8. The lowest BCUT2D eigenvalue weighted by atomic mass is 10.2. The Morgan fingerprint density at radius 3 is 2.92 bits per heavy atom. The predicted molar refractivity (Wildman–Crippen MR) is 91.0 cm³/mol. The van der Waals surface area contributed by atoms with Crippen LogP contribution in [0.25, 0.3) is 11.4 Å². The van der Waals surface area contributed by atoms with Crippen LogP contribution >= 0.6 is 11.5 Å². The predicted octanol–water partition coefficient (Wildman–Crippen LogP) is 1.25. The molecule has 3 aromatic rings. The zero-order valence-electron chi connectivity index (χ0n) is 12.7. The van der Waals surface area contributed by atoms with Crippen molar-refractivity contribution in [2.45, 2.75) is 6.54 Å². The van der Waals surface area contributed by atoms with E-state index in [4.69, 9.17) is 5.11 Å². The van der Waals surface area contributed by atoms with Gasteiger partial charge in [-0.1, -0.05) is 30.3 Å². The van der Waals surface area contributed by atoms with E-state index in [1.165, 1.54) is 16.2 Å². The van der Waals surface area contributed by atoms with E-state index in [1.54, 1.807) is 12.4 Å². The van der Waals surface area contributed by atoms with Crippen LogP contribution in [0, 0.1) is 0 Å². The average molecular weight is 344 g/mol. The van der Waals surface area contributed by atoms with Crippen molar-refractivity contribution in [3.8, 4) is 11.4 Å². The SMILES string of the molecule is O=C(Cn1cc(Nc2nc(-c3ccccc3)ns2)cn1)NCCO. The van der Waals surface area contributed by atoms with Crippen LogP contribution in [0.2, 0.25) is 0 Å². The number of rotatable bonds is 7. The minimum Gasteiger partial charge on any atom is -0.395 e. The first-order chi connectivity index (χ1) is 11.7. The monoisotopic (exact) mass is 344 g/mol. The molecule has 0 fully saturated rings. The van der Waals surface area contributed by atoms with Gasteiger partial charge in [-0.05, 0) is 0 Å². The van der Waals surface area contributed by atoms with Crippen molar-refractivity contribution in [2.75, 3.05) is 18.5 Å². The molecular formula is C15H16N6O2S. The normalized spacial score (nSPS) is 10.5. The first-order valence-electron chi connectivity index (χ1n) is 7.31. The van der Waals surface area contributed by atoms with Crippen LogP contribution in [0.5, 0.6) is 0 Å². The highest BCUT2D eigenvalue weighted by Gasteiger charge is 2.08. The molecule has 24 heavy (non-hydrogen) atoms. The third-order valence-corrected chi connectivity index (χ3v) is 3.71. The van der Waals surface area contributed by atoms with E-state index in [-0.39, 0.29) is 25.6 Å². The van der Waals surface area contributed by atoms with Crippen molar-refractivity contribution in [1.29, 1.82) is 0 Å². The van der Waals surface area contributed by atoms with Gasteiger partial charge in [-0.25, -0.2) is 0 Å². The lowest BCUT2D eigenvalue weighted by Gasteiger charge is -2.02. The van der Waals surface area contributed by atoms with Crippen LogP contribution < -0.4 is 10.6 Å². The van der Waals surface area contributed by atoms with E-state index in [0.29, 0.717) is 11.0 Å². The molecular weight excluding hydrogens is 328 g/mol. The Labute approximate surface area is 142 Å². The Balaban J connectivity index is 1.61. The Kier molecular flexibility index (Phi) is 5.14. The Morgan fingerprint density at radius 2 is 2.12 bits per heavy atom. The first kappa shape index (κ1) is 16.1. The Morgan fingerprint density at radius 1 is 1.29 bits per heavy atom. The summed E-state index contributed by atoms with van der Waals surface area (Å²) >= 11 is 1.26. The summed E-state index contributed by atoms with van der Waals surface area (Å²) in [7, 11) is 0. The van der Waals surface area contributed by atoms with Gasteiger partial charge in [0.2, 0.25) is 11.0 Å². The number of benzene rings is 1. The lowest BCUT2D eigenvalue weighted by molar-refractivity contribution is -0.122. The molecule has 0 unspecified atom stereocenters. The summed E-state index contributed by atoms with van der Waals surface area (Å²) in [6.45, 7) is 0.240. The van der Waals surface area contributed by atoms with E-state index in [9.17, 15) is 4.79 Å². The van der Waals surface area contributed by atoms with Gasteiger partial charge in [0.25, 0.3) is 0 Å². The fraction of sp³-hybridized carbons (Fsp3) is 0.200. The summed E-state index contributed by atoms with van der Waals surface area (Å²) in [5, 5.41) is 19.1. The molecule has 3 rings (SSSR count). The van der Waals surface area contributed by atoms with Crippen molar-refractivity contribution in [3.63, 3.8) is 0 Å². The number of hydrogen-bond acceptors (Lipinski definition) is 7. The first-order valence-corrected chi connectivity index (χ1v) is 8.08. The third-order valence-electron chi connectivity index (χ3n) is 3.08. The van der Waals surface area contributed by atoms with Gasteiger partial charge in [-0.3, -0.25) is 9.48 Å². The van der Waals surface area contributed by atoms with Crippen molar-refractivity contribution in [3.05, 3.63) is 42.7 Å². The van der Waals surface area contributed by atoms with E-state index < -0.39 is 0 Å². The van der Waals surface area contributed by atoms with Gasteiger partial charge in [0.05, 0.1) is 18.5 Å². The van der Waals surface area contributed by atoms with Crippen LogP contribution in [0.1, 0.15) is 0 Å². The quantitative estimate of drug-likeness (QED) is 0.596. The molecule has 0 aliphatic rings. The number of nitrogens with zero attached hydrogens (tertiary/aromatic N) is 4. The largest absolute Gasteiger partial charge is 0.395 e. The lowest BCUT2D eigenvalue weighted by Crippen LogP contribution is -2.30. The molecule has 2 aromatic heterocycles.